The molecule has 3 N–H and O–H groups in total. The molecule has 2 rings (SSSR count). The van der Waals surface area contributed by atoms with Gasteiger partial charge in [-0.05, 0) is 43.7 Å². The molecule has 134 valence electrons. The van der Waals surface area contributed by atoms with Crippen molar-refractivity contribution in [3.63, 3.8) is 0 Å². The third kappa shape index (κ3) is 6.01. The molecule has 2 unspecified atom stereocenters. The molecule has 0 bridgehead atoms. The second-order valence-electron chi connectivity index (χ2n) is 5.79. The molecular formula is C16H21F3N2O3. The van der Waals surface area contributed by atoms with E-state index in [1.54, 1.807) is 0 Å². The first-order valence-corrected chi connectivity index (χ1v) is 7.83. The van der Waals surface area contributed by atoms with Crippen molar-refractivity contribution < 1.29 is 27.8 Å². The number of nitrogens with one attached hydrogen (secondary N) is 2. The highest BCUT2D eigenvalue weighted by atomic mass is 19.4. The summed E-state index contributed by atoms with van der Waals surface area (Å²) in [5.41, 5.74) is -0.761. The molecule has 1 heterocycles. The first-order chi connectivity index (χ1) is 11.3. The standard InChI is InChI=1S/C16H21F3N2O3/c17-16(18,19)11-3-5-14(6-4-11)24-10-13(22)9-21-15(23)8-12-2-1-7-20-12/h3-6,12-13,20,22H,1-2,7-10H2,(H,21,23). The van der Waals surface area contributed by atoms with E-state index in [2.05, 4.69) is 10.6 Å². The SMILES string of the molecule is O=C(CC1CCCN1)NCC(O)COc1ccc(C(F)(F)F)cc1. The lowest BCUT2D eigenvalue weighted by molar-refractivity contribution is -0.137. The van der Waals surface area contributed by atoms with Gasteiger partial charge in [-0.25, -0.2) is 0 Å². The number of hydrogen-bond donors (Lipinski definition) is 3. The maximum Gasteiger partial charge on any atom is 0.416 e. The number of carbonyl (C=O) groups is 1. The van der Waals surface area contributed by atoms with Crippen molar-refractivity contribution in [1.29, 1.82) is 0 Å². The summed E-state index contributed by atoms with van der Waals surface area (Å²) in [4.78, 5) is 11.7. The predicted molar refractivity (Wildman–Crippen MR) is 81.6 cm³/mol. The Labute approximate surface area is 138 Å². The fourth-order valence-corrected chi connectivity index (χ4v) is 2.45. The van der Waals surface area contributed by atoms with Crippen molar-refractivity contribution in [2.24, 2.45) is 0 Å². The topological polar surface area (TPSA) is 70.6 Å². The molecule has 5 nitrogen and oxygen atoms in total. The number of rotatable bonds is 7. The Morgan fingerprint density at radius 2 is 2.08 bits per heavy atom. The monoisotopic (exact) mass is 346 g/mol. The zero-order valence-electron chi connectivity index (χ0n) is 13.1. The van der Waals surface area contributed by atoms with Crippen molar-refractivity contribution >= 4 is 5.91 Å². The average molecular weight is 346 g/mol. The second-order valence-corrected chi connectivity index (χ2v) is 5.79. The minimum Gasteiger partial charge on any atom is -0.491 e. The van der Waals surface area contributed by atoms with Gasteiger partial charge >= 0.3 is 6.18 Å². The van der Waals surface area contributed by atoms with E-state index in [1.807, 2.05) is 0 Å². The summed E-state index contributed by atoms with van der Waals surface area (Å²) in [7, 11) is 0. The molecular weight excluding hydrogens is 325 g/mol. The summed E-state index contributed by atoms with van der Waals surface area (Å²) in [6.07, 6.45) is -2.94. The van der Waals surface area contributed by atoms with Crippen LogP contribution in [0.4, 0.5) is 13.2 Å². The average Bonchev–Trinajstić information content (AvgIpc) is 3.03. The molecule has 1 fully saturated rings. The van der Waals surface area contributed by atoms with Crippen molar-refractivity contribution in [2.45, 2.75) is 37.6 Å². The summed E-state index contributed by atoms with van der Waals surface area (Å²) in [6, 6.07) is 4.40. The number of aliphatic hydroxyl groups is 1. The first kappa shape index (κ1) is 18.5. The zero-order valence-corrected chi connectivity index (χ0v) is 13.1. The van der Waals surface area contributed by atoms with Crippen LogP contribution in [0.2, 0.25) is 0 Å². The summed E-state index contributed by atoms with van der Waals surface area (Å²) >= 11 is 0. The molecule has 8 heteroatoms. The van der Waals surface area contributed by atoms with Gasteiger partial charge in [0.15, 0.2) is 0 Å². The van der Waals surface area contributed by atoms with Crippen LogP contribution < -0.4 is 15.4 Å². The lowest BCUT2D eigenvalue weighted by Crippen LogP contribution is -2.38. The van der Waals surface area contributed by atoms with Crippen LogP contribution in [0.25, 0.3) is 0 Å². The predicted octanol–water partition coefficient (Wildman–Crippen LogP) is 1.70. The molecule has 1 aliphatic rings. The van der Waals surface area contributed by atoms with E-state index in [9.17, 15) is 23.1 Å². The Balaban J connectivity index is 1.67. The van der Waals surface area contributed by atoms with Gasteiger partial charge in [-0.1, -0.05) is 0 Å². The molecule has 2 atom stereocenters. The zero-order chi connectivity index (χ0) is 17.6. The molecule has 1 aromatic carbocycles. The first-order valence-electron chi connectivity index (χ1n) is 7.83. The fourth-order valence-electron chi connectivity index (χ4n) is 2.45. The third-order valence-electron chi connectivity index (χ3n) is 3.75. The number of ether oxygens (including phenoxy) is 1. The molecule has 0 saturated carbocycles. The van der Waals surface area contributed by atoms with Crippen LogP contribution in [-0.4, -0.2) is 42.9 Å². The summed E-state index contributed by atoms with van der Waals surface area (Å²) in [6.45, 7) is 0.834. The highest BCUT2D eigenvalue weighted by Crippen LogP contribution is 2.30. The number of aliphatic hydroxyl groups excluding tert-OH is 1. The molecule has 1 saturated heterocycles. The number of carbonyl (C=O) groups excluding carboxylic acids is 1. The highest BCUT2D eigenvalue weighted by molar-refractivity contribution is 5.76. The van der Waals surface area contributed by atoms with Crippen LogP contribution in [0.1, 0.15) is 24.8 Å². The van der Waals surface area contributed by atoms with Gasteiger partial charge < -0.3 is 20.5 Å². The molecule has 0 aliphatic carbocycles. The number of halogens is 3. The van der Waals surface area contributed by atoms with E-state index < -0.39 is 17.8 Å². The van der Waals surface area contributed by atoms with Crippen molar-refractivity contribution in [3.05, 3.63) is 29.8 Å². The van der Waals surface area contributed by atoms with E-state index in [4.69, 9.17) is 4.74 Å². The summed E-state index contributed by atoms with van der Waals surface area (Å²) in [5.74, 6) is 0.0755. The Morgan fingerprint density at radius 1 is 1.38 bits per heavy atom. The Bertz CT molecular complexity index is 528. The lowest BCUT2D eigenvalue weighted by atomic mass is 10.1. The van der Waals surface area contributed by atoms with Gasteiger partial charge in [0.2, 0.25) is 5.91 Å². The quantitative estimate of drug-likeness (QED) is 0.703. The normalized spacial score (nSPS) is 19.1. The van der Waals surface area contributed by atoms with E-state index in [1.165, 1.54) is 12.1 Å². The third-order valence-corrected chi connectivity index (χ3v) is 3.75. The molecule has 0 aromatic heterocycles. The van der Waals surface area contributed by atoms with Gasteiger partial charge in [0, 0.05) is 19.0 Å². The van der Waals surface area contributed by atoms with Crippen LogP contribution in [0, 0.1) is 0 Å². The van der Waals surface area contributed by atoms with Crippen molar-refractivity contribution in [3.8, 4) is 5.75 Å². The second kappa shape index (κ2) is 8.34. The Morgan fingerprint density at radius 3 is 2.67 bits per heavy atom. The van der Waals surface area contributed by atoms with Crippen LogP contribution in [0.15, 0.2) is 24.3 Å². The van der Waals surface area contributed by atoms with E-state index in [-0.39, 0.29) is 30.9 Å². The minimum atomic E-state index is -4.39. The van der Waals surface area contributed by atoms with Crippen LogP contribution >= 0.6 is 0 Å². The molecule has 0 spiro atoms. The van der Waals surface area contributed by atoms with Crippen LogP contribution in [0.5, 0.6) is 5.75 Å². The van der Waals surface area contributed by atoms with Crippen molar-refractivity contribution in [2.75, 3.05) is 19.7 Å². The summed E-state index contributed by atoms with van der Waals surface area (Å²) < 4.78 is 42.5. The van der Waals surface area contributed by atoms with Crippen LogP contribution in [0.3, 0.4) is 0 Å². The molecule has 1 aliphatic heterocycles. The molecule has 1 aromatic rings. The molecule has 0 radical (unpaired) electrons. The number of amides is 1. The molecule has 24 heavy (non-hydrogen) atoms. The highest BCUT2D eigenvalue weighted by Gasteiger charge is 2.30. The maximum atomic E-state index is 12.4. The van der Waals surface area contributed by atoms with Gasteiger partial charge in [0.05, 0.1) is 5.56 Å². The lowest BCUT2D eigenvalue weighted by Gasteiger charge is -2.15. The minimum absolute atomic E-state index is 0.0339. The van der Waals surface area contributed by atoms with Crippen LogP contribution in [-0.2, 0) is 11.0 Å². The number of alkyl halides is 3. The van der Waals surface area contributed by atoms with Gasteiger partial charge in [-0.15, -0.1) is 0 Å². The molecule has 1 amide bonds. The smallest absolute Gasteiger partial charge is 0.416 e. The Kier molecular flexibility index (Phi) is 6.44. The summed E-state index contributed by atoms with van der Waals surface area (Å²) in [5, 5.41) is 15.6. The van der Waals surface area contributed by atoms with E-state index in [0.717, 1.165) is 31.5 Å². The maximum absolute atomic E-state index is 12.4. The van der Waals surface area contributed by atoms with Gasteiger partial charge in [0.25, 0.3) is 0 Å². The fraction of sp³-hybridized carbons (Fsp3) is 0.562. The number of benzene rings is 1. The largest absolute Gasteiger partial charge is 0.491 e. The Hall–Kier alpha value is -1.80. The van der Waals surface area contributed by atoms with E-state index >= 15 is 0 Å². The van der Waals surface area contributed by atoms with Crippen molar-refractivity contribution in [1.82, 2.24) is 10.6 Å². The van der Waals surface area contributed by atoms with Gasteiger partial charge in [0.1, 0.15) is 18.5 Å². The van der Waals surface area contributed by atoms with Gasteiger partial charge in [-0.3, -0.25) is 4.79 Å². The van der Waals surface area contributed by atoms with E-state index in [0.29, 0.717) is 6.42 Å². The van der Waals surface area contributed by atoms with Gasteiger partial charge in [-0.2, -0.15) is 13.2 Å². The number of hydrogen-bond acceptors (Lipinski definition) is 4.